The van der Waals surface area contributed by atoms with Crippen LogP contribution in [0.25, 0.3) is 0 Å². The number of rotatable bonds is 14. The van der Waals surface area contributed by atoms with Crippen LogP contribution in [0.3, 0.4) is 0 Å². The molecule has 0 aromatic heterocycles. The largest absolute Gasteiger partial charge is 0.445 e. The van der Waals surface area contributed by atoms with Gasteiger partial charge in [-0.15, -0.1) is 0 Å². The van der Waals surface area contributed by atoms with E-state index in [1.54, 1.807) is 31.3 Å². The Morgan fingerprint density at radius 2 is 1.49 bits per heavy atom. The molecule has 0 bridgehead atoms. The fourth-order valence-electron chi connectivity index (χ4n) is 5.70. The summed E-state index contributed by atoms with van der Waals surface area (Å²) in [5, 5.41) is 0. The maximum Gasteiger partial charge on any atom is 0.410 e. The SMILES string of the molecule is CCC(C)CN(C(=O)OCc1ccccc1)C1CCN(CCC(CN(C)S(=O)(=O)c2ccccc2)c2ccccc2)CC1. The molecule has 2 unspecified atom stereocenters. The number of carbonyl (C=O) groups is 1. The molecular weight excluding hydrogens is 558 g/mol. The van der Waals surface area contributed by atoms with Gasteiger partial charge < -0.3 is 14.5 Å². The van der Waals surface area contributed by atoms with E-state index in [9.17, 15) is 13.2 Å². The second kappa shape index (κ2) is 16.0. The highest BCUT2D eigenvalue weighted by Crippen LogP contribution is 2.26. The third-order valence-electron chi connectivity index (χ3n) is 8.64. The highest BCUT2D eigenvalue weighted by molar-refractivity contribution is 7.89. The summed E-state index contributed by atoms with van der Waals surface area (Å²) in [6, 6.07) is 28.8. The molecule has 0 saturated carbocycles. The molecule has 0 aliphatic carbocycles. The van der Waals surface area contributed by atoms with Gasteiger partial charge in [0.05, 0.1) is 4.90 Å². The molecule has 0 radical (unpaired) electrons. The number of sulfonamides is 1. The quantitative estimate of drug-likeness (QED) is 0.206. The number of carbonyl (C=O) groups excluding carboxylic acids is 1. The Morgan fingerprint density at radius 3 is 2.09 bits per heavy atom. The normalized spacial score (nSPS) is 16.1. The van der Waals surface area contributed by atoms with E-state index in [1.807, 2.05) is 59.5 Å². The van der Waals surface area contributed by atoms with Gasteiger partial charge in [-0.25, -0.2) is 17.5 Å². The van der Waals surface area contributed by atoms with Crippen LogP contribution in [0.1, 0.15) is 56.6 Å². The Bertz CT molecular complexity index is 1350. The molecule has 4 rings (SSSR count). The second-order valence-corrected chi connectivity index (χ2v) is 13.8. The highest BCUT2D eigenvalue weighted by atomic mass is 32.2. The Hall–Kier alpha value is -3.20. The highest BCUT2D eigenvalue weighted by Gasteiger charge is 2.31. The van der Waals surface area contributed by atoms with Gasteiger partial charge in [0, 0.05) is 39.3 Å². The molecule has 1 aliphatic heterocycles. The van der Waals surface area contributed by atoms with Gasteiger partial charge in [0.2, 0.25) is 10.0 Å². The monoisotopic (exact) mass is 605 g/mol. The van der Waals surface area contributed by atoms with Crippen LogP contribution in [0.5, 0.6) is 0 Å². The number of hydrogen-bond acceptors (Lipinski definition) is 5. The second-order valence-electron chi connectivity index (χ2n) is 11.8. The third-order valence-corrected chi connectivity index (χ3v) is 10.5. The van der Waals surface area contributed by atoms with Crippen molar-refractivity contribution in [1.29, 1.82) is 0 Å². The molecule has 232 valence electrons. The van der Waals surface area contributed by atoms with Gasteiger partial charge in [0.25, 0.3) is 0 Å². The average Bonchev–Trinajstić information content (AvgIpc) is 3.05. The zero-order chi connectivity index (χ0) is 30.7. The van der Waals surface area contributed by atoms with Crippen molar-refractivity contribution in [3.8, 4) is 0 Å². The predicted molar refractivity (Wildman–Crippen MR) is 172 cm³/mol. The standard InChI is InChI=1S/C35H47N3O4S/c1-4-29(2)26-38(35(39)42-28-30-14-8-5-9-15-30)33-21-24-37(25-22-33)23-20-32(31-16-10-6-11-17-31)27-36(3)43(40,41)34-18-12-7-13-19-34/h5-19,29,32-33H,4,20-28H2,1-3H3. The molecule has 1 heterocycles. The third kappa shape index (κ3) is 9.39. The summed E-state index contributed by atoms with van der Waals surface area (Å²) >= 11 is 0. The molecule has 3 aromatic rings. The Morgan fingerprint density at radius 1 is 0.907 bits per heavy atom. The zero-order valence-electron chi connectivity index (χ0n) is 25.8. The van der Waals surface area contributed by atoms with Crippen molar-refractivity contribution in [2.75, 3.05) is 39.8 Å². The minimum Gasteiger partial charge on any atom is -0.445 e. The summed E-state index contributed by atoms with van der Waals surface area (Å²) in [6.45, 7) is 8.40. The number of nitrogens with zero attached hydrogens (tertiary/aromatic N) is 3. The fraction of sp³-hybridized carbons (Fsp3) is 0.457. The number of ether oxygens (including phenoxy) is 1. The van der Waals surface area contributed by atoms with Crippen molar-refractivity contribution in [2.45, 2.75) is 63.0 Å². The number of benzene rings is 3. The van der Waals surface area contributed by atoms with Gasteiger partial charge in [-0.05, 0) is 60.9 Å². The maximum absolute atomic E-state index is 13.3. The number of likely N-dealkylation sites (tertiary alicyclic amines) is 1. The van der Waals surface area contributed by atoms with Crippen LogP contribution in [0, 0.1) is 5.92 Å². The number of likely N-dealkylation sites (N-methyl/N-ethyl adjacent to an activating group) is 1. The summed E-state index contributed by atoms with van der Waals surface area (Å²) in [6.07, 6.45) is 3.43. The molecule has 1 saturated heterocycles. The van der Waals surface area contributed by atoms with E-state index in [0.717, 1.165) is 56.4 Å². The molecule has 1 amide bonds. The van der Waals surface area contributed by atoms with Gasteiger partial charge in [-0.3, -0.25) is 0 Å². The topological polar surface area (TPSA) is 70.2 Å². The minimum atomic E-state index is -3.57. The lowest BCUT2D eigenvalue weighted by molar-refractivity contribution is 0.0537. The van der Waals surface area contributed by atoms with E-state index in [4.69, 9.17) is 4.74 Å². The Kier molecular flexibility index (Phi) is 12.2. The first-order valence-corrected chi connectivity index (χ1v) is 17.0. The molecular formula is C35H47N3O4S. The first-order valence-electron chi connectivity index (χ1n) is 15.5. The van der Waals surface area contributed by atoms with Gasteiger partial charge in [-0.1, -0.05) is 99.1 Å². The average molecular weight is 606 g/mol. The van der Waals surface area contributed by atoms with Crippen LogP contribution in [0.4, 0.5) is 4.79 Å². The van der Waals surface area contributed by atoms with Crippen LogP contribution in [-0.2, 0) is 21.4 Å². The van der Waals surface area contributed by atoms with Crippen molar-refractivity contribution in [1.82, 2.24) is 14.1 Å². The summed E-state index contributed by atoms with van der Waals surface area (Å²) in [5.41, 5.74) is 2.14. The van der Waals surface area contributed by atoms with Gasteiger partial charge in [-0.2, -0.15) is 0 Å². The molecule has 43 heavy (non-hydrogen) atoms. The summed E-state index contributed by atoms with van der Waals surface area (Å²) in [5.74, 6) is 0.468. The molecule has 1 aliphatic rings. The minimum absolute atomic E-state index is 0.0669. The van der Waals surface area contributed by atoms with Crippen LogP contribution in [-0.4, -0.2) is 74.4 Å². The first kappa shape index (κ1) is 32.7. The Balaban J connectivity index is 1.35. The van der Waals surface area contributed by atoms with Crippen LogP contribution in [0.2, 0.25) is 0 Å². The maximum atomic E-state index is 13.3. The number of piperidine rings is 1. The lowest BCUT2D eigenvalue weighted by Crippen LogP contribution is -2.49. The van der Waals surface area contributed by atoms with Crippen molar-refractivity contribution in [3.63, 3.8) is 0 Å². The van der Waals surface area contributed by atoms with Crippen molar-refractivity contribution >= 4 is 16.1 Å². The van der Waals surface area contributed by atoms with Crippen molar-refractivity contribution < 1.29 is 17.9 Å². The number of hydrogen-bond donors (Lipinski definition) is 0. The van der Waals surface area contributed by atoms with E-state index in [2.05, 4.69) is 30.9 Å². The van der Waals surface area contributed by atoms with E-state index < -0.39 is 10.0 Å². The summed E-state index contributed by atoms with van der Waals surface area (Å²) < 4.78 is 33.8. The van der Waals surface area contributed by atoms with Gasteiger partial charge in [0.1, 0.15) is 6.61 Å². The molecule has 7 nitrogen and oxygen atoms in total. The van der Waals surface area contributed by atoms with E-state index >= 15 is 0 Å². The zero-order valence-corrected chi connectivity index (χ0v) is 26.7. The predicted octanol–water partition coefficient (Wildman–Crippen LogP) is 6.63. The summed E-state index contributed by atoms with van der Waals surface area (Å²) in [7, 11) is -1.90. The molecule has 2 atom stereocenters. The Labute approximate surface area is 258 Å². The smallest absolute Gasteiger partial charge is 0.410 e. The molecule has 1 fully saturated rings. The number of amides is 1. The molecule has 3 aromatic carbocycles. The van der Waals surface area contributed by atoms with Crippen LogP contribution >= 0.6 is 0 Å². The van der Waals surface area contributed by atoms with Crippen molar-refractivity contribution in [2.24, 2.45) is 5.92 Å². The lowest BCUT2D eigenvalue weighted by Gasteiger charge is -2.39. The van der Waals surface area contributed by atoms with E-state index in [0.29, 0.717) is 23.9 Å². The fourth-order valence-corrected chi connectivity index (χ4v) is 6.94. The van der Waals surface area contributed by atoms with Crippen molar-refractivity contribution in [3.05, 3.63) is 102 Å². The van der Waals surface area contributed by atoms with Crippen LogP contribution < -0.4 is 0 Å². The van der Waals surface area contributed by atoms with Gasteiger partial charge >= 0.3 is 6.09 Å². The molecule has 0 N–H and O–H groups in total. The van der Waals surface area contributed by atoms with E-state index in [-0.39, 0.29) is 24.7 Å². The lowest BCUT2D eigenvalue weighted by atomic mass is 9.94. The van der Waals surface area contributed by atoms with E-state index in [1.165, 1.54) is 4.31 Å². The summed E-state index contributed by atoms with van der Waals surface area (Å²) in [4.78, 5) is 18.0. The van der Waals surface area contributed by atoms with Gasteiger partial charge in [0.15, 0.2) is 0 Å². The molecule has 0 spiro atoms. The van der Waals surface area contributed by atoms with Crippen LogP contribution in [0.15, 0.2) is 95.9 Å². The molecule has 8 heteroatoms. The first-order chi connectivity index (χ1) is 20.8.